The summed E-state index contributed by atoms with van der Waals surface area (Å²) in [4.78, 5) is 26.3. The highest BCUT2D eigenvalue weighted by atomic mass is 16.4. The fraction of sp³-hybridized carbons (Fsp3) is 0.214. The van der Waals surface area contributed by atoms with Gasteiger partial charge < -0.3 is 20.1 Å². The smallest absolute Gasteiger partial charge is 0.356 e. The summed E-state index contributed by atoms with van der Waals surface area (Å²) >= 11 is 0. The van der Waals surface area contributed by atoms with Gasteiger partial charge in [-0.15, -0.1) is 0 Å². The van der Waals surface area contributed by atoms with E-state index in [2.05, 4.69) is 10.3 Å². The summed E-state index contributed by atoms with van der Waals surface area (Å²) in [5.41, 5.74) is 1.04. The largest absolute Gasteiger partial charge is 0.507 e. The van der Waals surface area contributed by atoms with Gasteiger partial charge in [0.25, 0.3) is 5.91 Å². The van der Waals surface area contributed by atoms with Gasteiger partial charge >= 0.3 is 5.97 Å². The van der Waals surface area contributed by atoms with E-state index in [4.69, 9.17) is 5.11 Å². The van der Waals surface area contributed by atoms with Gasteiger partial charge in [-0.25, -0.2) is 9.78 Å². The standard InChI is InChI=1S/C14H15N3O4/c1-9-2-3-12(18)10(6-9)13(19)15-4-5-17-7-11(14(20)21)16-8-17/h2-3,6-8,18H,4-5H2,1H3,(H,15,19)(H,20,21). The van der Waals surface area contributed by atoms with E-state index in [-0.39, 0.29) is 22.9 Å². The quantitative estimate of drug-likeness (QED) is 0.762. The van der Waals surface area contributed by atoms with Gasteiger partial charge in [0, 0.05) is 19.3 Å². The highest BCUT2D eigenvalue weighted by Gasteiger charge is 2.11. The van der Waals surface area contributed by atoms with E-state index in [9.17, 15) is 14.7 Å². The average molecular weight is 289 g/mol. The lowest BCUT2D eigenvalue weighted by Crippen LogP contribution is -2.27. The normalized spacial score (nSPS) is 10.3. The van der Waals surface area contributed by atoms with Gasteiger partial charge in [-0.3, -0.25) is 4.79 Å². The van der Waals surface area contributed by atoms with Crippen molar-refractivity contribution < 1.29 is 19.8 Å². The lowest BCUT2D eigenvalue weighted by atomic mass is 10.1. The Bertz CT molecular complexity index is 679. The minimum atomic E-state index is -1.09. The third-order valence-corrected chi connectivity index (χ3v) is 2.90. The van der Waals surface area contributed by atoms with Crippen LogP contribution >= 0.6 is 0 Å². The average Bonchev–Trinajstić information content (AvgIpc) is 2.90. The molecule has 21 heavy (non-hydrogen) atoms. The minimum absolute atomic E-state index is 0.0438. The van der Waals surface area contributed by atoms with E-state index >= 15 is 0 Å². The number of phenols is 1. The van der Waals surface area contributed by atoms with E-state index in [1.807, 2.05) is 6.92 Å². The second-order valence-corrected chi connectivity index (χ2v) is 4.58. The number of aromatic carboxylic acids is 1. The van der Waals surface area contributed by atoms with Crippen LogP contribution in [-0.2, 0) is 6.54 Å². The number of benzene rings is 1. The number of hydrogen-bond donors (Lipinski definition) is 3. The molecule has 0 unspecified atom stereocenters. The van der Waals surface area contributed by atoms with E-state index < -0.39 is 5.97 Å². The molecule has 2 aromatic rings. The summed E-state index contributed by atoms with van der Waals surface area (Å²) in [5, 5.41) is 21.0. The van der Waals surface area contributed by atoms with Crippen molar-refractivity contribution in [2.45, 2.75) is 13.5 Å². The van der Waals surface area contributed by atoms with Crippen LogP contribution in [0.3, 0.4) is 0 Å². The van der Waals surface area contributed by atoms with Gasteiger partial charge in [-0.1, -0.05) is 11.6 Å². The van der Waals surface area contributed by atoms with Crippen molar-refractivity contribution in [2.24, 2.45) is 0 Å². The zero-order chi connectivity index (χ0) is 15.4. The van der Waals surface area contributed by atoms with Crippen LogP contribution in [0, 0.1) is 6.92 Å². The Balaban J connectivity index is 1.92. The maximum absolute atomic E-state index is 11.9. The van der Waals surface area contributed by atoms with Crippen molar-refractivity contribution in [2.75, 3.05) is 6.54 Å². The molecule has 0 spiro atoms. The highest BCUT2D eigenvalue weighted by molar-refractivity contribution is 5.96. The number of nitrogens with zero attached hydrogens (tertiary/aromatic N) is 2. The fourth-order valence-corrected chi connectivity index (χ4v) is 1.82. The summed E-state index contributed by atoms with van der Waals surface area (Å²) in [7, 11) is 0. The van der Waals surface area contributed by atoms with Crippen LogP contribution in [0.5, 0.6) is 5.75 Å². The molecule has 110 valence electrons. The van der Waals surface area contributed by atoms with E-state index in [1.165, 1.54) is 18.6 Å². The molecule has 7 nitrogen and oxygen atoms in total. The zero-order valence-electron chi connectivity index (χ0n) is 11.4. The summed E-state index contributed by atoms with van der Waals surface area (Å²) in [6.45, 7) is 2.51. The molecular formula is C14H15N3O4. The maximum Gasteiger partial charge on any atom is 0.356 e. The molecule has 0 saturated carbocycles. The number of hydrogen-bond acceptors (Lipinski definition) is 4. The van der Waals surface area contributed by atoms with Gasteiger partial charge in [0.15, 0.2) is 5.69 Å². The Labute approximate surface area is 120 Å². The third kappa shape index (κ3) is 3.59. The van der Waals surface area contributed by atoms with Crippen LogP contribution in [0.25, 0.3) is 0 Å². The first-order valence-corrected chi connectivity index (χ1v) is 6.30. The number of carbonyl (C=O) groups excluding carboxylic acids is 1. The van der Waals surface area contributed by atoms with Crippen LogP contribution in [0.15, 0.2) is 30.7 Å². The topological polar surface area (TPSA) is 104 Å². The highest BCUT2D eigenvalue weighted by Crippen LogP contribution is 2.17. The summed E-state index contributed by atoms with van der Waals surface area (Å²) in [5.74, 6) is -1.55. The van der Waals surface area contributed by atoms with Crippen molar-refractivity contribution >= 4 is 11.9 Å². The van der Waals surface area contributed by atoms with Crippen molar-refractivity contribution in [3.8, 4) is 5.75 Å². The number of amides is 1. The molecule has 0 aliphatic heterocycles. The van der Waals surface area contributed by atoms with Crippen LogP contribution in [-0.4, -0.2) is 38.2 Å². The summed E-state index contributed by atoms with van der Waals surface area (Å²) < 4.78 is 1.57. The Hall–Kier alpha value is -2.83. The van der Waals surface area contributed by atoms with Crippen molar-refractivity contribution in [3.05, 3.63) is 47.5 Å². The first-order chi connectivity index (χ1) is 9.97. The van der Waals surface area contributed by atoms with Crippen LogP contribution < -0.4 is 5.32 Å². The molecule has 1 heterocycles. The molecule has 0 fully saturated rings. The zero-order valence-corrected chi connectivity index (χ0v) is 11.4. The molecule has 1 aromatic carbocycles. The van der Waals surface area contributed by atoms with Gasteiger partial charge in [-0.2, -0.15) is 0 Å². The molecule has 1 amide bonds. The maximum atomic E-state index is 11.9. The van der Waals surface area contributed by atoms with Crippen molar-refractivity contribution in [1.29, 1.82) is 0 Å². The number of carboxylic acid groups (broad SMARTS) is 1. The molecule has 0 aliphatic carbocycles. The van der Waals surface area contributed by atoms with Crippen LogP contribution in [0.1, 0.15) is 26.4 Å². The molecule has 7 heteroatoms. The van der Waals surface area contributed by atoms with Crippen LogP contribution in [0.2, 0.25) is 0 Å². The molecule has 0 bridgehead atoms. The molecule has 0 radical (unpaired) electrons. The van der Waals surface area contributed by atoms with Crippen LogP contribution in [0.4, 0.5) is 0 Å². The number of carboxylic acids is 1. The summed E-state index contributed by atoms with van der Waals surface area (Å²) in [6, 6.07) is 4.79. The monoisotopic (exact) mass is 289 g/mol. The molecular weight excluding hydrogens is 274 g/mol. The third-order valence-electron chi connectivity index (χ3n) is 2.90. The molecule has 3 N–H and O–H groups in total. The van der Waals surface area contributed by atoms with E-state index in [0.29, 0.717) is 13.1 Å². The van der Waals surface area contributed by atoms with Gasteiger partial charge in [0.2, 0.25) is 0 Å². The lowest BCUT2D eigenvalue weighted by Gasteiger charge is -2.08. The van der Waals surface area contributed by atoms with Gasteiger partial charge in [0.1, 0.15) is 5.75 Å². The number of nitrogens with one attached hydrogen (secondary N) is 1. The molecule has 1 aromatic heterocycles. The Kier molecular flexibility index (Phi) is 4.22. The van der Waals surface area contributed by atoms with Crippen molar-refractivity contribution in [3.63, 3.8) is 0 Å². The second-order valence-electron chi connectivity index (χ2n) is 4.58. The molecule has 0 saturated heterocycles. The van der Waals surface area contributed by atoms with Gasteiger partial charge in [0.05, 0.1) is 11.9 Å². The molecule has 2 rings (SSSR count). The summed E-state index contributed by atoms with van der Waals surface area (Å²) in [6.07, 6.45) is 2.78. The lowest BCUT2D eigenvalue weighted by molar-refractivity contribution is 0.0690. The predicted molar refractivity (Wildman–Crippen MR) is 74.4 cm³/mol. The van der Waals surface area contributed by atoms with Gasteiger partial charge in [-0.05, 0) is 19.1 Å². The Morgan fingerprint density at radius 3 is 2.81 bits per heavy atom. The fourth-order valence-electron chi connectivity index (χ4n) is 1.82. The Morgan fingerprint density at radius 2 is 2.14 bits per heavy atom. The van der Waals surface area contributed by atoms with E-state index in [0.717, 1.165) is 5.56 Å². The first kappa shape index (κ1) is 14.6. The molecule has 0 atom stereocenters. The number of aromatic nitrogens is 2. The number of aromatic hydroxyl groups is 1. The first-order valence-electron chi connectivity index (χ1n) is 6.30. The van der Waals surface area contributed by atoms with E-state index in [1.54, 1.807) is 16.7 Å². The SMILES string of the molecule is Cc1ccc(O)c(C(=O)NCCn2cnc(C(=O)O)c2)c1. The molecule has 0 aliphatic rings. The number of imidazole rings is 1. The minimum Gasteiger partial charge on any atom is -0.507 e. The Morgan fingerprint density at radius 1 is 1.38 bits per heavy atom. The number of rotatable bonds is 5. The number of carbonyl (C=O) groups is 2. The predicted octanol–water partition coefficient (Wildman–Crippen LogP) is 1.03. The van der Waals surface area contributed by atoms with Crippen molar-refractivity contribution in [1.82, 2.24) is 14.9 Å². The second kappa shape index (κ2) is 6.08. The number of aryl methyl sites for hydroxylation is 1. The number of phenolic OH excluding ortho intramolecular Hbond substituents is 1.